The number of aryl methyl sites for hydroxylation is 1. The van der Waals surface area contributed by atoms with Gasteiger partial charge in [0.15, 0.2) is 0 Å². The number of piperidine rings is 1. The Morgan fingerprint density at radius 3 is 3.15 bits per heavy atom. The van der Waals surface area contributed by atoms with E-state index in [4.69, 9.17) is 4.52 Å². The van der Waals surface area contributed by atoms with E-state index in [1.165, 1.54) is 25.8 Å². The van der Waals surface area contributed by atoms with Crippen molar-refractivity contribution in [3.05, 3.63) is 17.5 Å². The molecule has 0 radical (unpaired) electrons. The third-order valence-corrected chi connectivity index (χ3v) is 4.22. The minimum atomic E-state index is 0.0101. The van der Waals surface area contributed by atoms with Crippen molar-refractivity contribution in [3.8, 4) is 0 Å². The standard InChI is InChI=1S/C14H22N4O2/c1-11-8-12(16-20-11)9-15-14(19)18-7-6-17-5-3-2-4-13(17)10-18/h8,13H,2-7,9-10H2,1H3,(H,15,19)/t13-/m0/s1. The van der Waals surface area contributed by atoms with E-state index in [9.17, 15) is 4.79 Å². The summed E-state index contributed by atoms with van der Waals surface area (Å²) in [6.07, 6.45) is 3.80. The zero-order valence-corrected chi connectivity index (χ0v) is 12.0. The Morgan fingerprint density at radius 1 is 1.45 bits per heavy atom. The number of nitrogens with zero attached hydrogens (tertiary/aromatic N) is 3. The molecular formula is C14H22N4O2. The van der Waals surface area contributed by atoms with Crippen molar-refractivity contribution in [2.75, 3.05) is 26.2 Å². The fourth-order valence-electron chi connectivity index (χ4n) is 3.12. The normalized spacial score (nSPS) is 23.4. The zero-order chi connectivity index (χ0) is 13.9. The molecule has 0 aliphatic carbocycles. The predicted molar refractivity (Wildman–Crippen MR) is 74.3 cm³/mol. The Kier molecular flexibility index (Phi) is 3.91. The van der Waals surface area contributed by atoms with E-state index in [2.05, 4.69) is 15.4 Å². The average molecular weight is 278 g/mol. The van der Waals surface area contributed by atoms with Crippen molar-refractivity contribution >= 4 is 6.03 Å². The maximum absolute atomic E-state index is 12.2. The second kappa shape index (κ2) is 5.83. The summed E-state index contributed by atoms with van der Waals surface area (Å²) in [5.41, 5.74) is 0.771. The van der Waals surface area contributed by atoms with Crippen LogP contribution in [0.4, 0.5) is 4.79 Å². The molecule has 6 nitrogen and oxygen atoms in total. The van der Waals surface area contributed by atoms with Crippen LogP contribution in [0.15, 0.2) is 10.6 Å². The van der Waals surface area contributed by atoms with E-state index in [-0.39, 0.29) is 6.03 Å². The Hall–Kier alpha value is -1.56. The number of rotatable bonds is 2. The highest BCUT2D eigenvalue weighted by Gasteiger charge is 2.30. The monoisotopic (exact) mass is 278 g/mol. The lowest BCUT2D eigenvalue weighted by atomic mass is 10.00. The van der Waals surface area contributed by atoms with Gasteiger partial charge < -0.3 is 14.7 Å². The summed E-state index contributed by atoms with van der Waals surface area (Å²) in [5.74, 6) is 0.769. The molecule has 1 aromatic rings. The first kappa shape index (κ1) is 13.4. The Balaban J connectivity index is 1.50. The zero-order valence-electron chi connectivity index (χ0n) is 12.0. The van der Waals surface area contributed by atoms with Crippen molar-refractivity contribution in [1.29, 1.82) is 0 Å². The van der Waals surface area contributed by atoms with Gasteiger partial charge in [0.25, 0.3) is 0 Å². The number of hydrogen-bond donors (Lipinski definition) is 1. The highest BCUT2D eigenvalue weighted by Crippen LogP contribution is 2.21. The van der Waals surface area contributed by atoms with Crippen molar-refractivity contribution in [2.24, 2.45) is 0 Å². The van der Waals surface area contributed by atoms with Crippen molar-refractivity contribution in [3.63, 3.8) is 0 Å². The molecule has 2 aliphatic rings. The second-order valence-electron chi connectivity index (χ2n) is 5.72. The van der Waals surface area contributed by atoms with Crippen LogP contribution in [-0.2, 0) is 6.54 Å². The van der Waals surface area contributed by atoms with Gasteiger partial charge in [0.2, 0.25) is 0 Å². The number of carbonyl (C=O) groups excluding carboxylic acids is 1. The first-order valence-electron chi connectivity index (χ1n) is 7.41. The van der Waals surface area contributed by atoms with Gasteiger partial charge in [-0.2, -0.15) is 0 Å². The lowest BCUT2D eigenvalue weighted by Gasteiger charge is -2.43. The number of fused-ring (bicyclic) bond motifs is 1. The van der Waals surface area contributed by atoms with Crippen LogP contribution in [-0.4, -0.2) is 53.2 Å². The summed E-state index contributed by atoms with van der Waals surface area (Å²) in [7, 11) is 0. The highest BCUT2D eigenvalue weighted by molar-refractivity contribution is 5.74. The van der Waals surface area contributed by atoms with Gasteiger partial charge in [0, 0.05) is 31.7 Å². The van der Waals surface area contributed by atoms with E-state index in [0.29, 0.717) is 12.6 Å². The van der Waals surface area contributed by atoms with E-state index in [0.717, 1.165) is 31.1 Å². The van der Waals surface area contributed by atoms with E-state index in [1.54, 1.807) is 0 Å². The van der Waals surface area contributed by atoms with Crippen LogP contribution in [0.1, 0.15) is 30.7 Å². The minimum absolute atomic E-state index is 0.0101. The first-order chi connectivity index (χ1) is 9.72. The smallest absolute Gasteiger partial charge is 0.317 e. The van der Waals surface area contributed by atoms with Gasteiger partial charge in [-0.1, -0.05) is 11.6 Å². The van der Waals surface area contributed by atoms with Gasteiger partial charge in [0.05, 0.1) is 6.54 Å². The Morgan fingerprint density at radius 2 is 2.35 bits per heavy atom. The number of hydrogen-bond acceptors (Lipinski definition) is 4. The van der Waals surface area contributed by atoms with E-state index < -0.39 is 0 Å². The molecule has 1 aromatic heterocycles. The summed E-state index contributed by atoms with van der Waals surface area (Å²) in [6, 6.07) is 2.41. The number of nitrogens with one attached hydrogen (secondary N) is 1. The molecule has 2 saturated heterocycles. The van der Waals surface area contributed by atoms with Crippen LogP contribution >= 0.6 is 0 Å². The van der Waals surface area contributed by atoms with E-state index in [1.807, 2.05) is 17.9 Å². The summed E-state index contributed by atoms with van der Waals surface area (Å²) in [5, 5.41) is 6.81. The van der Waals surface area contributed by atoms with Crippen LogP contribution in [0.2, 0.25) is 0 Å². The topological polar surface area (TPSA) is 61.6 Å². The molecule has 20 heavy (non-hydrogen) atoms. The number of urea groups is 1. The number of piperazine rings is 1. The molecule has 0 bridgehead atoms. The predicted octanol–water partition coefficient (Wildman–Crippen LogP) is 1.36. The van der Waals surface area contributed by atoms with Crippen LogP contribution in [0.3, 0.4) is 0 Å². The quantitative estimate of drug-likeness (QED) is 0.887. The van der Waals surface area contributed by atoms with Gasteiger partial charge in [-0.25, -0.2) is 4.79 Å². The molecular weight excluding hydrogens is 256 g/mol. The molecule has 2 fully saturated rings. The molecule has 2 amide bonds. The van der Waals surface area contributed by atoms with Crippen LogP contribution < -0.4 is 5.32 Å². The summed E-state index contributed by atoms with van der Waals surface area (Å²) >= 11 is 0. The first-order valence-corrected chi connectivity index (χ1v) is 7.41. The van der Waals surface area contributed by atoms with Gasteiger partial charge in [0.1, 0.15) is 11.5 Å². The van der Waals surface area contributed by atoms with Crippen LogP contribution in [0, 0.1) is 6.92 Å². The van der Waals surface area contributed by atoms with Crippen molar-refractivity contribution in [1.82, 2.24) is 20.3 Å². The molecule has 0 unspecified atom stereocenters. The third-order valence-electron chi connectivity index (χ3n) is 4.22. The van der Waals surface area contributed by atoms with Gasteiger partial charge >= 0.3 is 6.03 Å². The van der Waals surface area contributed by atoms with Crippen molar-refractivity contribution < 1.29 is 9.32 Å². The van der Waals surface area contributed by atoms with Gasteiger partial charge in [-0.3, -0.25) is 4.90 Å². The van der Waals surface area contributed by atoms with E-state index >= 15 is 0 Å². The third kappa shape index (κ3) is 2.95. The number of carbonyl (C=O) groups is 1. The molecule has 0 saturated carbocycles. The van der Waals surface area contributed by atoms with Gasteiger partial charge in [-0.05, 0) is 26.3 Å². The molecule has 1 N–H and O–H groups in total. The average Bonchev–Trinajstić information content (AvgIpc) is 2.90. The molecule has 3 rings (SSSR count). The minimum Gasteiger partial charge on any atom is -0.361 e. The molecule has 110 valence electrons. The maximum atomic E-state index is 12.2. The summed E-state index contributed by atoms with van der Waals surface area (Å²) in [6.45, 7) is 6.14. The Labute approximate surface area is 119 Å². The van der Waals surface area contributed by atoms with Crippen LogP contribution in [0.5, 0.6) is 0 Å². The SMILES string of the molecule is Cc1cc(CNC(=O)N2CCN3CCCC[C@H]3C2)no1. The lowest BCUT2D eigenvalue weighted by molar-refractivity contribution is 0.0642. The van der Waals surface area contributed by atoms with Crippen LogP contribution in [0.25, 0.3) is 0 Å². The summed E-state index contributed by atoms with van der Waals surface area (Å²) in [4.78, 5) is 16.6. The highest BCUT2D eigenvalue weighted by atomic mass is 16.5. The Bertz CT molecular complexity index is 473. The lowest BCUT2D eigenvalue weighted by Crippen LogP contribution is -2.57. The van der Waals surface area contributed by atoms with Crippen molar-refractivity contribution in [2.45, 2.75) is 38.8 Å². The maximum Gasteiger partial charge on any atom is 0.317 e. The number of aromatic nitrogens is 1. The second-order valence-corrected chi connectivity index (χ2v) is 5.72. The molecule has 6 heteroatoms. The fourth-order valence-corrected chi connectivity index (χ4v) is 3.12. The summed E-state index contributed by atoms with van der Waals surface area (Å²) < 4.78 is 4.99. The molecule has 0 aromatic carbocycles. The fraction of sp³-hybridized carbons (Fsp3) is 0.714. The largest absolute Gasteiger partial charge is 0.361 e. The molecule has 1 atom stereocenters. The molecule has 2 aliphatic heterocycles. The van der Waals surface area contributed by atoms with Gasteiger partial charge in [-0.15, -0.1) is 0 Å². The molecule has 3 heterocycles. The number of amides is 2. The molecule has 0 spiro atoms.